The third kappa shape index (κ3) is 2.56. The predicted octanol–water partition coefficient (Wildman–Crippen LogP) is 3.41. The van der Waals surface area contributed by atoms with Crippen LogP contribution in [0.4, 0.5) is 0 Å². The van der Waals surface area contributed by atoms with Crippen molar-refractivity contribution in [3.05, 3.63) is 14.5 Å². The van der Waals surface area contributed by atoms with Crippen LogP contribution in [0.1, 0.15) is 24.4 Å². The topological polar surface area (TPSA) is 12.9 Å². The maximum Gasteiger partial charge on any atom is 0.159 e. The third-order valence-corrected chi connectivity index (χ3v) is 2.93. The summed E-state index contributed by atoms with van der Waals surface area (Å²) < 4.78 is 1.01. The van der Waals surface area contributed by atoms with Crippen LogP contribution in [0.5, 0.6) is 0 Å². The monoisotopic (exact) mass is 233 g/mol. The molecule has 1 heterocycles. The van der Waals surface area contributed by atoms with E-state index in [1.54, 1.807) is 11.3 Å². The zero-order valence-electron chi connectivity index (χ0n) is 7.02. The Labute approximate surface area is 80.0 Å². The van der Waals surface area contributed by atoms with Crippen molar-refractivity contribution in [1.82, 2.24) is 4.98 Å². The molecule has 0 aliphatic heterocycles. The van der Waals surface area contributed by atoms with Crippen molar-refractivity contribution in [3.8, 4) is 0 Å². The van der Waals surface area contributed by atoms with Gasteiger partial charge in [0.1, 0.15) is 0 Å². The van der Waals surface area contributed by atoms with Crippen LogP contribution in [-0.4, -0.2) is 4.98 Å². The molecule has 0 N–H and O–H groups in total. The zero-order chi connectivity index (χ0) is 8.43. The Kier molecular flexibility index (Phi) is 3.07. The lowest BCUT2D eigenvalue weighted by Gasteiger charge is -2.00. The summed E-state index contributed by atoms with van der Waals surface area (Å²) in [6.07, 6.45) is 1.09. The van der Waals surface area contributed by atoms with Gasteiger partial charge in [-0.15, -0.1) is 11.3 Å². The lowest BCUT2D eigenvalue weighted by Crippen LogP contribution is -1.95. The number of hydrogen-bond acceptors (Lipinski definition) is 2. The number of aromatic nitrogens is 1. The van der Waals surface area contributed by atoms with Crippen LogP contribution in [0.15, 0.2) is 3.92 Å². The Morgan fingerprint density at radius 2 is 2.18 bits per heavy atom. The highest BCUT2D eigenvalue weighted by atomic mass is 79.9. The number of halogens is 1. The second-order valence-corrected chi connectivity index (χ2v) is 5.55. The molecule has 0 amide bonds. The quantitative estimate of drug-likeness (QED) is 0.764. The molecule has 0 saturated carbocycles. The van der Waals surface area contributed by atoms with Gasteiger partial charge in [-0.3, -0.25) is 0 Å². The molecule has 0 atom stereocenters. The number of rotatable bonds is 2. The summed E-state index contributed by atoms with van der Waals surface area (Å²) in [5, 5.41) is 0. The van der Waals surface area contributed by atoms with Gasteiger partial charge in [0.2, 0.25) is 0 Å². The fraction of sp³-hybridized carbons (Fsp3) is 0.625. The molecule has 0 saturated heterocycles. The summed E-state index contributed by atoms with van der Waals surface area (Å²) in [5.41, 5.74) is 1.25. The SMILES string of the molecule is Cc1sc(Br)nc1CC(C)C. The molecule has 0 fully saturated rings. The normalized spacial score (nSPS) is 11.0. The molecule has 0 aliphatic carbocycles. The van der Waals surface area contributed by atoms with Crippen molar-refractivity contribution in [2.24, 2.45) is 5.92 Å². The standard InChI is InChI=1S/C8H12BrNS/c1-5(2)4-7-6(3)11-8(9)10-7/h5H,4H2,1-3H3. The molecule has 11 heavy (non-hydrogen) atoms. The van der Waals surface area contributed by atoms with Gasteiger partial charge in [-0.05, 0) is 35.2 Å². The van der Waals surface area contributed by atoms with Crippen LogP contribution in [-0.2, 0) is 6.42 Å². The summed E-state index contributed by atoms with van der Waals surface area (Å²) in [6, 6.07) is 0. The first-order valence-corrected chi connectivity index (χ1v) is 5.32. The van der Waals surface area contributed by atoms with E-state index in [0.29, 0.717) is 5.92 Å². The highest BCUT2D eigenvalue weighted by Gasteiger charge is 2.06. The molecular formula is C8H12BrNS. The van der Waals surface area contributed by atoms with Crippen LogP contribution in [0.25, 0.3) is 0 Å². The van der Waals surface area contributed by atoms with Crippen LogP contribution in [0, 0.1) is 12.8 Å². The van der Waals surface area contributed by atoms with E-state index >= 15 is 0 Å². The molecule has 0 spiro atoms. The van der Waals surface area contributed by atoms with E-state index in [1.165, 1.54) is 10.6 Å². The van der Waals surface area contributed by atoms with Crippen molar-refractivity contribution in [2.75, 3.05) is 0 Å². The van der Waals surface area contributed by atoms with Gasteiger partial charge in [-0.1, -0.05) is 13.8 Å². The highest BCUT2D eigenvalue weighted by molar-refractivity contribution is 9.11. The van der Waals surface area contributed by atoms with E-state index in [4.69, 9.17) is 0 Å². The van der Waals surface area contributed by atoms with E-state index in [-0.39, 0.29) is 0 Å². The summed E-state index contributed by atoms with van der Waals surface area (Å²) in [7, 11) is 0. The minimum absolute atomic E-state index is 0.697. The Balaban J connectivity index is 2.77. The molecule has 0 unspecified atom stereocenters. The fourth-order valence-corrected chi connectivity index (χ4v) is 2.57. The van der Waals surface area contributed by atoms with Crippen molar-refractivity contribution >= 4 is 27.3 Å². The molecule has 1 nitrogen and oxygen atoms in total. The first-order valence-electron chi connectivity index (χ1n) is 3.71. The lowest BCUT2D eigenvalue weighted by molar-refractivity contribution is 0.635. The van der Waals surface area contributed by atoms with E-state index in [9.17, 15) is 0 Å². The number of aryl methyl sites for hydroxylation is 1. The predicted molar refractivity (Wildman–Crippen MR) is 53.1 cm³/mol. The molecule has 1 aromatic heterocycles. The summed E-state index contributed by atoms with van der Waals surface area (Å²) in [4.78, 5) is 5.72. The van der Waals surface area contributed by atoms with Gasteiger partial charge in [0, 0.05) is 4.88 Å². The lowest BCUT2D eigenvalue weighted by atomic mass is 10.1. The van der Waals surface area contributed by atoms with E-state index < -0.39 is 0 Å². The maximum absolute atomic E-state index is 4.39. The fourth-order valence-electron chi connectivity index (χ4n) is 0.969. The smallest absolute Gasteiger partial charge is 0.159 e. The van der Waals surface area contributed by atoms with Gasteiger partial charge in [-0.25, -0.2) is 4.98 Å². The number of thiazole rings is 1. The zero-order valence-corrected chi connectivity index (χ0v) is 9.42. The molecular weight excluding hydrogens is 222 g/mol. The summed E-state index contributed by atoms with van der Waals surface area (Å²) in [6.45, 7) is 6.56. The maximum atomic E-state index is 4.39. The molecule has 3 heteroatoms. The van der Waals surface area contributed by atoms with E-state index in [0.717, 1.165) is 10.3 Å². The van der Waals surface area contributed by atoms with Gasteiger partial charge in [0.05, 0.1) is 5.69 Å². The summed E-state index contributed by atoms with van der Waals surface area (Å²) >= 11 is 5.10. The second kappa shape index (κ2) is 3.68. The highest BCUT2D eigenvalue weighted by Crippen LogP contribution is 2.23. The first-order chi connectivity index (χ1) is 5.09. The minimum atomic E-state index is 0.697. The minimum Gasteiger partial charge on any atom is -0.234 e. The average Bonchev–Trinajstić information content (AvgIpc) is 2.09. The van der Waals surface area contributed by atoms with Crippen LogP contribution in [0.2, 0.25) is 0 Å². The number of nitrogens with zero attached hydrogens (tertiary/aromatic N) is 1. The molecule has 62 valence electrons. The van der Waals surface area contributed by atoms with E-state index in [2.05, 4.69) is 41.7 Å². The third-order valence-electron chi connectivity index (χ3n) is 1.47. The van der Waals surface area contributed by atoms with Crippen molar-refractivity contribution in [3.63, 3.8) is 0 Å². The Morgan fingerprint density at radius 3 is 2.55 bits per heavy atom. The molecule has 1 rings (SSSR count). The van der Waals surface area contributed by atoms with Crippen molar-refractivity contribution in [1.29, 1.82) is 0 Å². The van der Waals surface area contributed by atoms with Crippen molar-refractivity contribution in [2.45, 2.75) is 27.2 Å². The summed E-state index contributed by atoms with van der Waals surface area (Å²) in [5.74, 6) is 0.697. The van der Waals surface area contributed by atoms with Gasteiger partial charge in [0.15, 0.2) is 3.92 Å². The van der Waals surface area contributed by atoms with Crippen LogP contribution in [0.3, 0.4) is 0 Å². The Hall–Kier alpha value is 0.110. The number of hydrogen-bond donors (Lipinski definition) is 0. The molecule has 1 aromatic rings. The molecule has 0 aromatic carbocycles. The molecule has 0 aliphatic rings. The molecule has 0 bridgehead atoms. The van der Waals surface area contributed by atoms with Crippen LogP contribution >= 0.6 is 27.3 Å². The largest absolute Gasteiger partial charge is 0.234 e. The van der Waals surface area contributed by atoms with E-state index in [1.807, 2.05) is 0 Å². The van der Waals surface area contributed by atoms with Gasteiger partial charge >= 0.3 is 0 Å². The van der Waals surface area contributed by atoms with Gasteiger partial charge in [0.25, 0.3) is 0 Å². The van der Waals surface area contributed by atoms with Gasteiger partial charge < -0.3 is 0 Å². The first kappa shape index (κ1) is 9.20. The Bertz CT molecular complexity index is 242. The second-order valence-electron chi connectivity index (χ2n) is 3.07. The Morgan fingerprint density at radius 1 is 1.55 bits per heavy atom. The average molecular weight is 234 g/mol. The molecule has 0 radical (unpaired) electrons. The van der Waals surface area contributed by atoms with Crippen molar-refractivity contribution < 1.29 is 0 Å². The van der Waals surface area contributed by atoms with Crippen LogP contribution < -0.4 is 0 Å². The van der Waals surface area contributed by atoms with Gasteiger partial charge in [-0.2, -0.15) is 0 Å².